The van der Waals surface area contributed by atoms with E-state index >= 15 is 0 Å². The smallest absolute Gasteiger partial charge is 0.175 e. The highest BCUT2D eigenvalue weighted by Crippen LogP contribution is 2.36. The third kappa shape index (κ3) is 3.89. The zero-order valence-corrected chi connectivity index (χ0v) is 13.9. The Kier molecular flexibility index (Phi) is 5.47. The normalized spacial score (nSPS) is 10.7. The summed E-state index contributed by atoms with van der Waals surface area (Å²) in [4.78, 5) is 0. The summed E-state index contributed by atoms with van der Waals surface area (Å²) in [6.07, 6.45) is 1.70. The molecule has 2 rings (SSSR count). The van der Waals surface area contributed by atoms with Crippen LogP contribution in [0.25, 0.3) is 0 Å². The molecule has 0 aliphatic rings. The van der Waals surface area contributed by atoms with Crippen LogP contribution < -0.4 is 14.9 Å². The van der Waals surface area contributed by atoms with Gasteiger partial charge in [0.2, 0.25) is 0 Å². The maximum absolute atomic E-state index is 5.83. The van der Waals surface area contributed by atoms with Crippen molar-refractivity contribution in [2.24, 2.45) is 5.10 Å². The van der Waals surface area contributed by atoms with Gasteiger partial charge in [-0.15, -0.1) is 0 Å². The third-order valence-corrected chi connectivity index (χ3v) is 3.83. The molecular formula is C15H14BrClN2O2. The first-order chi connectivity index (χ1) is 10.2. The average Bonchev–Trinajstić information content (AvgIpc) is 2.50. The number of hydrogen-bond donors (Lipinski definition) is 1. The van der Waals surface area contributed by atoms with E-state index in [4.69, 9.17) is 21.1 Å². The molecule has 1 N–H and O–H groups in total. The van der Waals surface area contributed by atoms with Crippen LogP contribution in [0.3, 0.4) is 0 Å². The summed E-state index contributed by atoms with van der Waals surface area (Å²) in [6.45, 7) is 0. The number of anilines is 1. The lowest BCUT2D eigenvalue weighted by molar-refractivity contribution is 0.353. The molecule has 2 aromatic rings. The van der Waals surface area contributed by atoms with E-state index in [2.05, 4.69) is 26.5 Å². The van der Waals surface area contributed by atoms with Crippen molar-refractivity contribution < 1.29 is 9.47 Å². The number of halogens is 2. The first-order valence-corrected chi connectivity index (χ1v) is 7.28. The molecule has 0 atom stereocenters. The third-order valence-electron chi connectivity index (χ3n) is 2.76. The number of rotatable bonds is 5. The van der Waals surface area contributed by atoms with Crippen LogP contribution in [0.15, 0.2) is 46.0 Å². The Morgan fingerprint density at radius 2 is 1.81 bits per heavy atom. The predicted molar refractivity (Wildman–Crippen MR) is 89.9 cm³/mol. The average molecular weight is 370 g/mol. The topological polar surface area (TPSA) is 42.8 Å². The second-order valence-corrected chi connectivity index (χ2v) is 5.31. The number of benzene rings is 2. The van der Waals surface area contributed by atoms with E-state index in [1.165, 1.54) is 0 Å². The lowest BCUT2D eigenvalue weighted by Crippen LogP contribution is -1.96. The van der Waals surface area contributed by atoms with E-state index in [1.807, 2.05) is 24.3 Å². The van der Waals surface area contributed by atoms with Gasteiger partial charge in [0, 0.05) is 10.6 Å². The molecule has 110 valence electrons. The number of nitrogens with zero attached hydrogens (tertiary/aromatic N) is 1. The van der Waals surface area contributed by atoms with Gasteiger partial charge in [0.15, 0.2) is 11.5 Å². The summed E-state index contributed by atoms with van der Waals surface area (Å²) in [5.41, 5.74) is 4.66. The molecule has 0 fully saturated rings. The SMILES string of the molecule is COc1ccc(/C=N/Nc2ccc(Cl)cc2)c(Br)c1OC. The number of nitrogens with one attached hydrogen (secondary N) is 1. The summed E-state index contributed by atoms with van der Waals surface area (Å²) < 4.78 is 11.3. The van der Waals surface area contributed by atoms with Crippen LogP contribution in [-0.4, -0.2) is 20.4 Å². The van der Waals surface area contributed by atoms with Gasteiger partial charge in [-0.2, -0.15) is 5.10 Å². The zero-order chi connectivity index (χ0) is 15.2. The Hall–Kier alpha value is -1.72. The van der Waals surface area contributed by atoms with Gasteiger partial charge in [-0.3, -0.25) is 5.43 Å². The summed E-state index contributed by atoms with van der Waals surface area (Å²) in [7, 11) is 3.19. The van der Waals surface area contributed by atoms with Gasteiger partial charge in [-0.25, -0.2) is 0 Å². The molecule has 0 aliphatic heterocycles. The highest BCUT2D eigenvalue weighted by molar-refractivity contribution is 9.10. The lowest BCUT2D eigenvalue weighted by atomic mass is 10.2. The largest absolute Gasteiger partial charge is 0.493 e. The van der Waals surface area contributed by atoms with E-state index in [1.54, 1.807) is 32.6 Å². The van der Waals surface area contributed by atoms with E-state index < -0.39 is 0 Å². The van der Waals surface area contributed by atoms with Crippen molar-refractivity contribution >= 4 is 39.4 Å². The molecule has 0 aliphatic carbocycles. The van der Waals surface area contributed by atoms with Crippen molar-refractivity contribution in [3.05, 3.63) is 51.5 Å². The molecule has 6 heteroatoms. The number of hydrogen-bond acceptors (Lipinski definition) is 4. The van der Waals surface area contributed by atoms with Crippen LogP contribution in [0.4, 0.5) is 5.69 Å². The predicted octanol–water partition coefficient (Wildman–Crippen LogP) is 4.57. The van der Waals surface area contributed by atoms with Crippen LogP contribution in [0.1, 0.15) is 5.56 Å². The highest BCUT2D eigenvalue weighted by atomic mass is 79.9. The van der Waals surface area contributed by atoms with Gasteiger partial charge in [0.05, 0.1) is 30.6 Å². The van der Waals surface area contributed by atoms with E-state index in [9.17, 15) is 0 Å². The molecule has 0 spiro atoms. The minimum atomic E-state index is 0.632. The molecule has 0 heterocycles. The summed E-state index contributed by atoms with van der Waals surface area (Å²) in [5, 5.41) is 4.88. The van der Waals surface area contributed by atoms with Gasteiger partial charge in [-0.05, 0) is 52.3 Å². The number of hydrazone groups is 1. The van der Waals surface area contributed by atoms with Crippen molar-refractivity contribution in [1.29, 1.82) is 0 Å². The van der Waals surface area contributed by atoms with Crippen molar-refractivity contribution in [2.75, 3.05) is 19.6 Å². The molecule has 2 aromatic carbocycles. The van der Waals surface area contributed by atoms with Gasteiger partial charge >= 0.3 is 0 Å². The maximum Gasteiger partial charge on any atom is 0.175 e. The van der Waals surface area contributed by atoms with Crippen molar-refractivity contribution in [1.82, 2.24) is 0 Å². The quantitative estimate of drug-likeness (QED) is 0.620. The van der Waals surface area contributed by atoms with Gasteiger partial charge < -0.3 is 9.47 Å². The molecule has 0 saturated carbocycles. The van der Waals surface area contributed by atoms with Crippen LogP contribution in [0, 0.1) is 0 Å². The molecule has 0 bridgehead atoms. The summed E-state index contributed by atoms with van der Waals surface area (Å²) in [5.74, 6) is 1.29. The molecule has 0 radical (unpaired) electrons. The minimum Gasteiger partial charge on any atom is -0.493 e. The first kappa shape index (κ1) is 15.7. The maximum atomic E-state index is 5.83. The van der Waals surface area contributed by atoms with E-state index in [-0.39, 0.29) is 0 Å². The molecule has 0 amide bonds. The van der Waals surface area contributed by atoms with Crippen LogP contribution in [0.5, 0.6) is 11.5 Å². The van der Waals surface area contributed by atoms with Crippen LogP contribution >= 0.6 is 27.5 Å². The molecule has 21 heavy (non-hydrogen) atoms. The zero-order valence-electron chi connectivity index (χ0n) is 11.6. The molecule has 0 unspecified atom stereocenters. The van der Waals surface area contributed by atoms with Gasteiger partial charge in [0.1, 0.15) is 0 Å². The Morgan fingerprint density at radius 1 is 1.10 bits per heavy atom. The fourth-order valence-electron chi connectivity index (χ4n) is 1.70. The van der Waals surface area contributed by atoms with Crippen molar-refractivity contribution in [2.45, 2.75) is 0 Å². The van der Waals surface area contributed by atoms with Crippen molar-refractivity contribution in [3.63, 3.8) is 0 Å². The molecule has 0 aromatic heterocycles. The second kappa shape index (κ2) is 7.33. The highest BCUT2D eigenvalue weighted by Gasteiger charge is 2.11. The van der Waals surface area contributed by atoms with Crippen molar-refractivity contribution in [3.8, 4) is 11.5 Å². The minimum absolute atomic E-state index is 0.632. The molecule has 4 nitrogen and oxygen atoms in total. The van der Waals surface area contributed by atoms with E-state index in [0.717, 1.165) is 15.7 Å². The fourth-order valence-corrected chi connectivity index (χ4v) is 2.42. The summed E-state index contributed by atoms with van der Waals surface area (Å²) >= 11 is 9.31. The molecule has 0 saturated heterocycles. The monoisotopic (exact) mass is 368 g/mol. The Bertz CT molecular complexity index is 645. The fraction of sp³-hybridized carbons (Fsp3) is 0.133. The number of methoxy groups -OCH3 is 2. The Balaban J connectivity index is 2.15. The summed E-state index contributed by atoms with van der Waals surface area (Å²) in [6, 6.07) is 11.0. The van der Waals surface area contributed by atoms with Crippen LogP contribution in [-0.2, 0) is 0 Å². The van der Waals surface area contributed by atoms with E-state index in [0.29, 0.717) is 16.5 Å². The Morgan fingerprint density at radius 3 is 2.43 bits per heavy atom. The second-order valence-electron chi connectivity index (χ2n) is 4.08. The van der Waals surface area contributed by atoms with Gasteiger partial charge in [0.25, 0.3) is 0 Å². The first-order valence-electron chi connectivity index (χ1n) is 6.11. The Labute approximate surface area is 136 Å². The molecular weight excluding hydrogens is 356 g/mol. The van der Waals surface area contributed by atoms with Crippen LogP contribution in [0.2, 0.25) is 5.02 Å². The van der Waals surface area contributed by atoms with Gasteiger partial charge in [-0.1, -0.05) is 11.6 Å². The standard InChI is InChI=1S/C15H14BrClN2O2/c1-20-13-8-3-10(14(16)15(13)21-2)9-18-19-12-6-4-11(17)5-7-12/h3-9,19H,1-2H3/b18-9+. The number of ether oxygens (including phenoxy) is 2. The lowest BCUT2D eigenvalue weighted by Gasteiger charge is -2.10.